The Bertz CT molecular complexity index is 480. The van der Waals surface area contributed by atoms with Gasteiger partial charge in [0.25, 0.3) is 11.6 Å². The second kappa shape index (κ2) is 7.31. The van der Waals surface area contributed by atoms with Crippen molar-refractivity contribution in [3.05, 3.63) is 38.9 Å². The maximum atomic E-state index is 11.8. The van der Waals surface area contributed by atoms with Gasteiger partial charge in [-0.1, -0.05) is 24.9 Å². The fourth-order valence-electron chi connectivity index (χ4n) is 1.53. The molecule has 0 radical (unpaired) electrons. The Morgan fingerprint density at radius 1 is 1.47 bits per heavy atom. The molecular weight excluding hydrogens is 291 g/mol. The first-order valence-corrected chi connectivity index (χ1v) is 6.62. The average molecular weight is 305 g/mol. The highest BCUT2D eigenvalue weighted by molar-refractivity contribution is 6.31. The molecule has 1 atom stereocenters. The highest BCUT2D eigenvalue weighted by Gasteiger charge is 2.14. The number of nitrogens with zero attached hydrogens (tertiary/aromatic N) is 1. The van der Waals surface area contributed by atoms with Crippen LogP contribution >= 0.6 is 23.2 Å². The van der Waals surface area contributed by atoms with Crippen LogP contribution in [0, 0.1) is 10.1 Å². The number of carbonyl (C=O) groups is 1. The molecule has 1 rings (SSSR count). The van der Waals surface area contributed by atoms with Crippen LogP contribution < -0.4 is 5.32 Å². The van der Waals surface area contributed by atoms with Gasteiger partial charge in [-0.25, -0.2) is 0 Å². The molecule has 0 aromatic heterocycles. The van der Waals surface area contributed by atoms with E-state index in [1.165, 1.54) is 18.2 Å². The molecular formula is C12H14Cl2N2O3. The summed E-state index contributed by atoms with van der Waals surface area (Å²) in [7, 11) is 0. The zero-order valence-corrected chi connectivity index (χ0v) is 11.9. The van der Waals surface area contributed by atoms with Crippen molar-refractivity contribution in [2.24, 2.45) is 0 Å². The first-order chi connectivity index (χ1) is 8.93. The minimum atomic E-state index is -0.593. The minimum absolute atomic E-state index is 0.148. The summed E-state index contributed by atoms with van der Waals surface area (Å²) in [6.07, 6.45) is 1.71. The smallest absolute Gasteiger partial charge is 0.271 e. The molecule has 0 heterocycles. The lowest BCUT2D eigenvalue weighted by atomic mass is 10.2. The van der Waals surface area contributed by atoms with Crippen LogP contribution in [-0.4, -0.2) is 22.8 Å². The molecule has 0 bridgehead atoms. The molecule has 1 N–H and O–H groups in total. The quantitative estimate of drug-likeness (QED) is 0.497. The van der Waals surface area contributed by atoms with Gasteiger partial charge in [-0.05, 0) is 12.5 Å². The van der Waals surface area contributed by atoms with Gasteiger partial charge in [0.2, 0.25) is 0 Å². The highest BCUT2D eigenvalue weighted by atomic mass is 35.5. The second-order valence-electron chi connectivity index (χ2n) is 4.05. The third-order valence-corrected chi connectivity index (χ3v) is 3.03. The number of nitro groups is 1. The molecule has 1 unspecified atom stereocenters. The third-order valence-electron chi connectivity index (χ3n) is 2.44. The van der Waals surface area contributed by atoms with Crippen molar-refractivity contribution in [3.63, 3.8) is 0 Å². The summed E-state index contributed by atoms with van der Waals surface area (Å²) >= 11 is 11.7. The SMILES string of the molecule is CCCC(Cl)CNC(=O)c1cc(Cl)cc([N+](=O)[O-])c1. The van der Waals surface area contributed by atoms with Crippen molar-refractivity contribution < 1.29 is 9.72 Å². The summed E-state index contributed by atoms with van der Waals surface area (Å²) in [5.74, 6) is -0.424. The number of hydrogen-bond acceptors (Lipinski definition) is 3. The van der Waals surface area contributed by atoms with Crippen LogP contribution in [0.25, 0.3) is 0 Å². The fraction of sp³-hybridized carbons (Fsp3) is 0.417. The number of nitro benzene ring substituents is 1. The molecule has 0 aliphatic carbocycles. The second-order valence-corrected chi connectivity index (χ2v) is 5.10. The van der Waals surface area contributed by atoms with Gasteiger partial charge in [0.15, 0.2) is 0 Å². The van der Waals surface area contributed by atoms with Crippen LogP contribution in [0.15, 0.2) is 18.2 Å². The number of non-ortho nitro benzene ring substituents is 1. The topological polar surface area (TPSA) is 72.2 Å². The zero-order chi connectivity index (χ0) is 14.4. The molecule has 0 fully saturated rings. The lowest BCUT2D eigenvalue weighted by molar-refractivity contribution is -0.384. The normalized spacial score (nSPS) is 11.9. The van der Waals surface area contributed by atoms with Gasteiger partial charge in [-0.15, -0.1) is 11.6 Å². The standard InChI is InChI=1S/C12H14Cl2N2O3/c1-2-3-9(13)7-15-12(17)8-4-10(14)6-11(5-8)16(18)19/h4-6,9H,2-3,7H2,1H3,(H,15,17). The van der Waals surface area contributed by atoms with Crippen molar-refractivity contribution in [3.8, 4) is 0 Å². The summed E-state index contributed by atoms with van der Waals surface area (Å²) in [4.78, 5) is 21.9. The molecule has 0 saturated carbocycles. The number of rotatable bonds is 6. The number of amides is 1. The summed E-state index contributed by atoms with van der Waals surface area (Å²) in [6.45, 7) is 2.31. The lowest BCUT2D eigenvalue weighted by Gasteiger charge is -2.09. The fourth-order valence-corrected chi connectivity index (χ4v) is 2.06. The molecule has 0 aliphatic rings. The van der Waals surface area contributed by atoms with E-state index in [0.29, 0.717) is 6.54 Å². The first kappa shape index (κ1) is 15.7. The predicted molar refractivity (Wildman–Crippen MR) is 75.0 cm³/mol. The van der Waals surface area contributed by atoms with Crippen LogP contribution in [0.3, 0.4) is 0 Å². The molecule has 5 nitrogen and oxygen atoms in total. The number of halogens is 2. The first-order valence-electron chi connectivity index (χ1n) is 5.81. The van der Waals surface area contributed by atoms with Crippen LogP contribution in [-0.2, 0) is 0 Å². The average Bonchev–Trinajstić information content (AvgIpc) is 2.35. The summed E-state index contributed by atoms with van der Waals surface area (Å²) in [5, 5.41) is 13.3. The van der Waals surface area contributed by atoms with Crippen molar-refractivity contribution in [2.75, 3.05) is 6.54 Å². The van der Waals surface area contributed by atoms with E-state index in [1.54, 1.807) is 0 Å². The van der Waals surface area contributed by atoms with Crippen molar-refractivity contribution in [1.29, 1.82) is 0 Å². The molecule has 19 heavy (non-hydrogen) atoms. The number of hydrogen-bond donors (Lipinski definition) is 1. The van der Waals surface area contributed by atoms with Crippen molar-refractivity contribution in [2.45, 2.75) is 25.1 Å². The molecule has 0 saturated heterocycles. The molecule has 0 aliphatic heterocycles. The summed E-state index contributed by atoms with van der Waals surface area (Å²) < 4.78 is 0. The number of nitrogens with one attached hydrogen (secondary N) is 1. The van der Waals surface area contributed by atoms with E-state index in [2.05, 4.69) is 5.32 Å². The maximum absolute atomic E-state index is 11.8. The van der Waals surface area contributed by atoms with Gasteiger partial charge >= 0.3 is 0 Å². The summed E-state index contributed by atoms with van der Waals surface area (Å²) in [5.41, 5.74) is -0.0619. The van der Waals surface area contributed by atoms with Gasteiger partial charge in [0.1, 0.15) is 0 Å². The van der Waals surface area contributed by atoms with E-state index < -0.39 is 10.8 Å². The van der Waals surface area contributed by atoms with Crippen molar-refractivity contribution >= 4 is 34.8 Å². The van der Waals surface area contributed by atoms with Gasteiger partial charge in [0, 0.05) is 29.3 Å². The van der Waals surface area contributed by atoms with Gasteiger partial charge in [-0.3, -0.25) is 14.9 Å². The Morgan fingerprint density at radius 2 is 2.16 bits per heavy atom. The third kappa shape index (κ3) is 5.04. The molecule has 1 aromatic carbocycles. The minimum Gasteiger partial charge on any atom is -0.351 e. The highest BCUT2D eigenvalue weighted by Crippen LogP contribution is 2.20. The monoisotopic (exact) mass is 304 g/mol. The maximum Gasteiger partial charge on any atom is 0.271 e. The molecule has 7 heteroatoms. The van der Waals surface area contributed by atoms with E-state index in [0.717, 1.165) is 12.8 Å². The van der Waals surface area contributed by atoms with E-state index in [-0.39, 0.29) is 21.7 Å². The van der Waals surface area contributed by atoms with Crippen molar-refractivity contribution in [1.82, 2.24) is 5.32 Å². The Balaban J connectivity index is 2.74. The number of carbonyl (C=O) groups excluding carboxylic acids is 1. The van der Waals surface area contributed by atoms with E-state index in [4.69, 9.17) is 23.2 Å². The Kier molecular flexibility index (Phi) is 6.05. The van der Waals surface area contributed by atoms with Crippen LogP contribution in [0.1, 0.15) is 30.1 Å². The Hall–Kier alpha value is -1.33. The lowest BCUT2D eigenvalue weighted by Crippen LogP contribution is -2.29. The Labute approximate surface area is 121 Å². The predicted octanol–water partition coefficient (Wildman–Crippen LogP) is 3.39. The molecule has 1 amide bonds. The van der Waals surface area contributed by atoms with Gasteiger partial charge in [-0.2, -0.15) is 0 Å². The molecule has 0 spiro atoms. The molecule has 1 aromatic rings. The van der Waals surface area contributed by atoms with E-state index in [9.17, 15) is 14.9 Å². The number of alkyl halides is 1. The largest absolute Gasteiger partial charge is 0.351 e. The van der Waals surface area contributed by atoms with Gasteiger partial charge in [0.05, 0.1) is 10.3 Å². The number of benzene rings is 1. The van der Waals surface area contributed by atoms with Gasteiger partial charge < -0.3 is 5.32 Å². The molecule has 104 valence electrons. The van der Waals surface area contributed by atoms with Crippen LogP contribution in [0.4, 0.5) is 5.69 Å². The van der Waals surface area contributed by atoms with Crippen LogP contribution in [0.2, 0.25) is 5.02 Å². The summed E-state index contributed by atoms with van der Waals surface area (Å²) in [6, 6.07) is 3.76. The Morgan fingerprint density at radius 3 is 2.74 bits per heavy atom. The zero-order valence-electron chi connectivity index (χ0n) is 10.4. The van der Waals surface area contributed by atoms with E-state index in [1.807, 2.05) is 6.92 Å². The van der Waals surface area contributed by atoms with Crippen LogP contribution in [0.5, 0.6) is 0 Å². The van der Waals surface area contributed by atoms with E-state index >= 15 is 0 Å².